The van der Waals surface area contributed by atoms with Gasteiger partial charge in [0.15, 0.2) is 5.82 Å². The van der Waals surface area contributed by atoms with Crippen LogP contribution in [0.2, 0.25) is 0 Å². The molecule has 2 rings (SSSR count). The van der Waals surface area contributed by atoms with Crippen molar-refractivity contribution in [3.8, 4) is 0 Å². The summed E-state index contributed by atoms with van der Waals surface area (Å²) in [6.45, 7) is 3.45. The number of methoxy groups -OCH3 is 1. The van der Waals surface area contributed by atoms with Crippen LogP contribution in [0.25, 0.3) is 0 Å². The molecule has 1 aromatic heterocycles. The van der Waals surface area contributed by atoms with Crippen LogP contribution in [-0.4, -0.2) is 47.3 Å². The van der Waals surface area contributed by atoms with E-state index in [9.17, 15) is 4.79 Å². The molecular formula is C10H15N3O3. The lowest BCUT2D eigenvalue weighted by atomic mass is 10.0. The minimum atomic E-state index is -0.157. The number of likely N-dealkylation sites (tertiary alicyclic amines) is 1. The number of ether oxygens (including phenoxy) is 1. The average molecular weight is 225 g/mol. The summed E-state index contributed by atoms with van der Waals surface area (Å²) in [7, 11) is 1.42. The van der Waals surface area contributed by atoms with E-state index >= 15 is 0 Å². The van der Waals surface area contributed by atoms with Crippen LogP contribution in [0.1, 0.15) is 18.1 Å². The average Bonchev–Trinajstić information content (AvgIpc) is 2.62. The fraction of sp³-hybridized carbons (Fsp3) is 0.700. The van der Waals surface area contributed by atoms with Gasteiger partial charge < -0.3 is 9.26 Å². The SMILES string of the molecule is COC(=O)C1CCN1CCc1noc(C)n1. The molecule has 1 aliphatic rings. The summed E-state index contributed by atoms with van der Waals surface area (Å²) in [5.41, 5.74) is 0. The zero-order chi connectivity index (χ0) is 11.5. The van der Waals surface area contributed by atoms with Crippen LogP contribution in [0, 0.1) is 6.92 Å². The van der Waals surface area contributed by atoms with Gasteiger partial charge in [0.25, 0.3) is 0 Å². The van der Waals surface area contributed by atoms with E-state index in [0.717, 1.165) is 19.5 Å². The number of esters is 1. The monoisotopic (exact) mass is 225 g/mol. The Morgan fingerprint density at radius 2 is 2.50 bits per heavy atom. The maximum atomic E-state index is 11.3. The quantitative estimate of drug-likeness (QED) is 0.680. The maximum Gasteiger partial charge on any atom is 0.323 e. The predicted molar refractivity (Wildman–Crippen MR) is 54.7 cm³/mol. The molecule has 0 saturated carbocycles. The minimum absolute atomic E-state index is 0.0852. The first-order valence-corrected chi connectivity index (χ1v) is 5.32. The van der Waals surface area contributed by atoms with Crippen molar-refractivity contribution in [1.82, 2.24) is 15.0 Å². The van der Waals surface area contributed by atoms with Crippen molar-refractivity contribution in [2.45, 2.75) is 25.8 Å². The first-order chi connectivity index (χ1) is 7.70. The molecule has 6 heteroatoms. The summed E-state index contributed by atoms with van der Waals surface area (Å²) >= 11 is 0. The molecule has 0 spiro atoms. The molecular weight excluding hydrogens is 210 g/mol. The summed E-state index contributed by atoms with van der Waals surface area (Å²) in [5, 5.41) is 3.81. The van der Waals surface area contributed by atoms with Crippen LogP contribution in [0.15, 0.2) is 4.52 Å². The molecule has 1 atom stereocenters. The van der Waals surface area contributed by atoms with E-state index in [4.69, 9.17) is 9.26 Å². The van der Waals surface area contributed by atoms with E-state index in [1.54, 1.807) is 6.92 Å². The summed E-state index contributed by atoms with van der Waals surface area (Å²) < 4.78 is 9.58. The summed E-state index contributed by atoms with van der Waals surface area (Å²) in [6.07, 6.45) is 1.57. The highest BCUT2D eigenvalue weighted by molar-refractivity contribution is 5.76. The molecule has 0 N–H and O–H groups in total. The van der Waals surface area contributed by atoms with E-state index < -0.39 is 0 Å². The molecule has 0 aliphatic carbocycles. The molecule has 1 unspecified atom stereocenters. The molecule has 0 bridgehead atoms. The molecule has 0 amide bonds. The smallest absolute Gasteiger partial charge is 0.323 e. The lowest BCUT2D eigenvalue weighted by molar-refractivity contribution is -0.151. The fourth-order valence-corrected chi connectivity index (χ4v) is 1.80. The fourth-order valence-electron chi connectivity index (χ4n) is 1.80. The zero-order valence-corrected chi connectivity index (χ0v) is 9.47. The van der Waals surface area contributed by atoms with Crippen molar-refractivity contribution in [2.75, 3.05) is 20.2 Å². The van der Waals surface area contributed by atoms with Crippen molar-refractivity contribution in [3.05, 3.63) is 11.7 Å². The molecule has 0 aromatic carbocycles. The second-order valence-corrected chi connectivity index (χ2v) is 3.84. The third-order valence-electron chi connectivity index (χ3n) is 2.80. The van der Waals surface area contributed by atoms with Crippen molar-refractivity contribution in [2.24, 2.45) is 0 Å². The van der Waals surface area contributed by atoms with E-state index in [-0.39, 0.29) is 12.0 Å². The standard InChI is InChI=1S/C10H15N3O3/c1-7-11-9(12-16-7)4-6-13-5-3-8(13)10(14)15-2/h8H,3-6H2,1-2H3. The minimum Gasteiger partial charge on any atom is -0.468 e. The van der Waals surface area contributed by atoms with Crippen molar-refractivity contribution >= 4 is 5.97 Å². The van der Waals surface area contributed by atoms with Crippen molar-refractivity contribution in [3.63, 3.8) is 0 Å². The Morgan fingerprint density at radius 3 is 3.00 bits per heavy atom. The molecule has 1 aliphatic heterocycles. The molecule has 6 nitrogen and oxygen atoms in total. The van der Waals surface area contributed by atoms with Gasteiger partial charge in [-0.15, -0.1) is 0 Å². The van der Waals surface area contributed by atoms with Gasteiger partial charge in [0.2, 0.25) is 5.89 Å². The second-order valence-electron chi connectivity index (χ2n) is 3.84. The largest absolute Gasteiger partial charge is 0.468 e. The number of aromatic nitrogens is 2. The van der Waals surface area contributed by atoms with Gasteiger partial charge in [0.1, 0.15) is 6.04 Å². The third-order valence-corrected chi connectivity index (χ3v) is 2.80. The molecule has 2 heterocycles. The normalized spacial score (nSPS) is 20.5. The molecule has 0 radical (unpaired) electrons. The summed E-state index contributed by atoms with van der Waals surface area (Å²) in [6, 6.07) is -0.0852. The maximum absolute atomic E-state index is 11.3. The lowest BCUT2D eigenvalue weighted by Gasteiger charge is -2.38. The number of carbonyl (C=O) groups excluding carboxylic acids is 1. The zero-order valence-electron chi connectivity index (χ0n) is 9.47. The van der Waals surface area contributed by atoms with Crippen molar-refractivity contribution < 1.29 is 14.1 Å². The third kappa shape index (κ3) is 2.21. The Balaban J connectivity index is 1.80. The van der Waals surface area contributed by atoms with Gasteiger partial charge in [-0.1, -0.05) is 5.16 Å². The molecule has 1 saturated heterocycles. The van der Waals surface area contributed by atoms with E-state index in [1.165, 1.54) is 7.11 Å². The van der Waals surface area contributed by atoms with Gasteiger partial charge in [-0.05, 0) is 6.42 Å². The molecule has 88 valence electrons. The first kappa shape index (κ1) is 11.1. The van der Waals surface area contributed by atoms with Crippen LogP contribution in [0.3, 0.4) is 0 Å². The molecule has 16 heavy (non-hydrogen) atoms. The lowest BCUT2D eigenvalue weighted by Crippen LogP contribution is -2.53. The van der Waals surface area contributed by atoms with Gasteiger partial charge >= 0.3 is 5.97 Å². The van der Waals surface area contributed by atoms with Crippen molar-refractivity contribution in [1.29, 1.82) is 0 Å². The highest BCUT2D eigenvalue weighted by Gasteiger charge is 2.34. The van der Waals surface area contributed by atoms with Gasteiger partial charge in [-0.2, -0.15) is 4.98 Å². The Kier molecular flexibility index (Phi) is 3.19. The number of carbonyl (C=O) groups is 1. The highest BCUT2D eigenvalue weighted by atomic mass is 16.5. The predicted octanol–water partition coefficient (Wildman–Crippen LogP) is 0.168. The molecule has 1 aromatic rings. The van der Waals surface area contributed by atoms with Crippen LogP contribution < -0.4 is 0 Å². The van der Waals surface area contributed by atoms with Gasteiger partial charge in [-0.25, -0.2) is 0 Å². The Labute approximate surface area is 93.6 Å². The number of hydrogen-bond donors (Lipinski definition) is 0. The Hall–Kier alpha value is -1.43. The van der Waals surface area contributed by atoms with Gasteiger partial charge in [0.05, 0.1) is 7.11 Å². The summed E-state index contributed by atoms with van der Waals surface area (Å²) in [5.74, 6) is 1.10. The Bertz CT molecular complexity index is 377. The second kappa shape index (κ2) is 4.61. The van der Waals surface area contributed by atoms with E-state index in [0.29, 0.717) is 18.1 Å². The first-order valence-electron chi connectivity index (χ1n) is 5.32. The van der Waals surface area contributed by atoms with Crippen LogP contribution in [0.4, 0.5) is 0 Å². The number of aryl methyl sites for hydroxylation is 1. The van der Waals surface area contributed by atoms with E-state index in [2.05, 4.69) is 15.0 Å². The van der Waals surface area contributed by atoms with Crippen LogP contribution in [0.5, 0.6) is 0 Å². The topological polar surface area (TPSA) is 68.5 Å². The Morgan fingerprint density at radius 1 is 1.69 bits per heavy atom. The number of hydrogen-bond acceptors (Lipinski definition) is 6. The highest BCUT2D eigenvalue weighted by Crippen LogP contribution is 2.18. The van der Waals surface area contributed by atoms with Gasteiger partial charge in [-0.3, -0.25) is 9.69 Å². The van der Waals surface area contributed by atoms with Gasteiger partial charge in [0, 0.05) is 26.4 Å². The van der Waals surface area contributed by atoms with Crippen LogP contribution in [-0.2, 0) is 16.0 Å². The number of rotatable bonds is 4. The summed E-state index contributed by atoms with van der Waals surface area (Å²) in [4.78, 5) is 17.5. The van der Waals surface area contributed by atoms with E-state index in [1.807, 2.05) is 0 Å². The van der Waals surface area contributed by atoms with Crippen LogP contribution >= 0.6 is 0 Å². The molecule has 1 fully saturated rings. The number of nitrogens with zero attached hydrogens (tertiary/aromatic N) is 3.